The second-order valence-electron chi connectivity index (χ2n) is 8.89. The SMILES string of the molecule is COc1cc(O)ccc1-c1ccc2c(c1CNc1cc(F)ccc1C)C(C)=CC(C)(C)N2. The smallest absolute Gasteiger partial charge is 0.130 e. The van der Waals surface area contributed by atoms with Crippen LogP contribution in [0, 0.1) is 12.7 Å². The van der Waals surface area contributed by atoms with E-state index in [1.54, 1.807) is 25.3 Å². The van der Waals surface area contributed by atoms with Gasteiger partial charge in [-0.05, 0) is 80.3 Å². The number of hydrogen-bond donors (Lipinski definition) is 3. The van der Waals surface area contributed by atoms with Crippen LogP contribution in [0.4, 0.5) is 15.8 Å². The number of allylic oxidation sites excluding steroid dienone is 1. The number of aromatic hydroxyl groups is 1. The van der Waals surface area contributed by atoms with Gasteiger partial charge in [-0.1, -0.05) is 18.2 Å². The molecule has 4 rings (SSSR count). The molecule has 3 aromatic rings. The highest BCUT2D eigenvalue weighted by Gasteiger charge is 2.26. The molecule has 1 heterocycles. The van der Waals surface area contributed by atoms with E-state index in [4.69, 9.17) is 4.74 Å². The number of hydrogen-bond acceptors (Lipinski definition) is 4. The van der Waals surface area contributed by atoms with Crippen molar-refractivity contribution in [2.24, 2.45) is 0 Å². The highest BCUT2D eigenvalue weighted by molar-refractivity contribution is 5.88. The van der Waals surface area contributed by atoms with Crippen molar-refractivity contribution in [3.63, 3.8) is 0 Å². The standard InChI is InChI=1S/C27H29FN2O2/c1-16-6-7-18(28)12-24(16)29-15-22-20(21-9-8-19(31)13-25(21)32-5)10-11-23-26(22)17(2)14-27(3,4)30-23/h6-14,29-31H,15H2,1-5H3. The summed E-state index contributed by atoms with van der Waals surface area (Å²) in [5, 5.41) is 17.0. The lowest BCUT2D eigenvalue weighted by Gasteiger charge is -2.33. The number of benzene rings is 3. The molecular formula is C27H29FN2O2. The molecule has 0 saturated carbocycles. The Bertz CT molecular complexity index is 1210. The molecule has 0 unspecified atom stereocenters. The predicted molar refractivity (Wildman–Crippen MR) is 130 cm³/mol. The van der Waals surface area contributed by atoms with Crippen molar-refractivity contribution in [2.75, 3.05) is 17.7 Å². The summed E-state index contributed by atoms with van der Waals surface area (Å²) in [5.74, 6) is 0.477. The van der Waals surface area contributed by atoms with Gasteiger partial charge in [0, 0.05) is 35.1 Å². The Labute approximate surface area is 188 Å². The summed E-state index contributed by atoms with van der Waals surface area (Å²) in [6.07, 6.45) is 2.23. The zero-order valence-electron chi connectivity index (χ0n) is 19.1. The van der Waals surface area contributed by atoms with E-state index >= 15 is 0 Å². The normalized spacial score (nSPS) is 14.2. The maximum atomic E-state index is 13.9. The van der Waals surface area contributed by atoms with Crippen LogP contribution in [-0.4, -0.2) is 17.8 Å². The van der Waals surface area contributed by atoms with Gasteiger partial charge in [0.05, 0.1) is 12.6 Å². The van der Waals surface area contributed by atoms with Crippen LogP contribution in [0.5, 0.6) is 11.5 Å². The number of halogens is 1. The lowest BCUT2D eigenvalue weighted by atomic mass is 9.85. The molecule has 3 N–H and O–H groups in total. The second-order valence-corrected chi connectivity index (χ2v) is 8.89. The quantitative estimate of drug-likeness (QED) is 0.418. The number of anilines is 2. The fourth-order valence-electron chi connectivity index (χ4n) is 4.51. The van der Waals surface area contributed by atoms with Gasteiger partial charge in [0.2, 0.25) is 0 Å². The minimum absolute atomic E-state index is 0.151. The summed E-state index contributed by atoms with van der Waals surface area (Å²) < 4.78 is 19.5. The average Bonchev–Trinajstić information content (AvgIpc) is 2.73. The molecule has 0 bridgehead atoms. The molecule has 0 fully saturated rings. The molecule has 1 aliphatic heterocycles. The third-order valence-electron chi connectivity index (χ3n) is 5.87. The molecule has 0 atom stereocenters. The van der Waals surface area contributed by atoms with Gasteiger partial charge in [-0.2, -0.15) is 0 Å². The van der Waals surface area contributed by atoms with E-state index in [0.29, 0.717) is 12.3 Å². The number of fused-ring (bicyclic) bond motifs is 1. The van der Waals surface area contributed by atoms with Crippen molar-refractivity contribution in [1.29, 1.82) is 0 Å². The molecule has 0 spiro atoms. The molecular weight excluding hydrogens is 403 g/mol. The molecule has 0 aliphatic carbocycles. The molecule has 0 amide bonds. The number of methoxy groups -OCH3 is 1. The van der Waals surface area contributed by atoms with Crippen LogP contribution in [-0.2, 0) is 6.54 Å². The van der Waals surface area contributed by atoms with Gasteiger partial charge in [0.15, 0.2) is 0 Å². The number of phenols is 1. The summed E-state index contributed by atoms with van der Waals surface area (Å²) in [6.45, 7) is 8.87. The molecule has 5 heteroatoms. The Balaban J connectivity index is 1.88. The van der Waals surface area contributed by atoms with Crippen molar-refractivity contribution in [3.05, 3.63) is 77.1 Å². The molecule has 166 valence electrons. The molecule has 3 aromatic carbocycles. The summed E-state index contributed by atoms with van der Waals surface area (Å²) in [7, 11) is 1.60. The van der Waals surface area contributed by atoms with E-state index in [9.17, 15) is 9.50 Å². The first-order valence-electron chi connectivity index (χ1n) is 10.7. The largest absolute Gasteiger partial charge is 0.508 e. The van der Waals surface area contributed by atoms with E-state index < -0.39 is 0 Å². The highest BCUT2D eigenvalue weighted by Crippen LogP contribution is 2.43. The van der Waals surface area contributed by atoms with Crippen molar-refractivity contribution in [2.45, 2.75) is 39.8 Å². The first-order chi connectivity index (χ1) is 15.2. The van der Waals surface area contributed by atoms with Gasteiger partial charge >= 0.3 is 0 Å². The zero-order valence-corrected chi connectivity index (χ0v) is 19.1. The Morgan fingerprint density at radius 2 is 1.78 bits per heavy atom. The Morgan fingerprint density at radius 1 is 1.03 bits per heavy atom. The zero-order chi connectivity index (χ0) is 23.0. The van der Waals surface area contributed by atoms with Crippen LogP contribution < -0.4 is 15.4 Å². The second kappa shape index (κ2) is 8.23. The minimum Gasteiger partial charge on any atom is -0.508 e. The fraction of sp³-hybridized carbons (Fsp3) is 0.259. The van der Waals surface area contributed by atoms with Crippen LogP contribution in [0.25, 0.3) is 16.7 Å². The van der Waals surface area contributed by atoms with Crippen molar-refractivity contribution < 1.29 is 14.2 Å². The highest BCUT2D eigenvalue weighted by atomic mass is 19.1. The van der Waals surface area contributed by atoms with Gasteiger partial charge in [0.25, 0.3) is 0 Å². The van der Waals surface area contributed by atoms with Gasteiger partial charge in [0.1, 0.15) is 17.3 Å². The predicted octanol–water partition coefficient (Wildman–Crippen LogP) is 6.73. The summed E-state index contributed by atoms with van der Waals surface area (Å²) in [5.41, 5.74) is 7.91. The number of nitrogens with one attached hydrogen (secondary N) is 2. The lowest BCUT2D eigenvalue weighted by molar-refractivity contribution is 0.409. The maximum absolute atomic E-state index is 13.9. The summed E-state index contributed by atoms with van der Waals surface area (Å²) in [6, 6.07) is 14.1. The summed E-state index contributed by atoms with van der Waals surface area (Å²) in [4.78, 5) is 0. The van der Waals surface area contributed by atoms with E-state index in [-0.39, 0.29) is 17.1 Å². The van der Waals surface area contributed by atoms with E-state index in [0.717, 1.165) is 39.2 Å². The first kappa shape index (κ1) is 21.8. The minimum atomic E-state index is -0.270. The van der Waals surface area contributed by atoms with Gasteiger partial charge < -0.3 is 20.5 Å². The van der Waals surface area contributed by atoms with Crippen molar-refractivity contribution in [1.82, 2.24) is 0 Å². The number of ether oxygens (including phenoxy) is 1. The molecule has 0 radical (unpaired) electrons. The van der Waals surface area contributed by atoms with Crippen LogP contribution in [0.15, 0.2) is 54.6 Å². The molecule has 32 heavy (non-hydrogen) atoms. The number of phenolic OH excluding ortho intramolecular Hbond substituents is 1. The number of aryl methyl sites for hydroxylation is 1. The summed E-state index contributed by atoms with van der Waals surface area (Å²) >= 11 is 0. The topological polar surface area (TPSA) is 53.5 Å². The fourth-order valence-corrected chi connectivity index (χ4v) is 4.51. The monoisotopic (exact) mass is 432 g/mol. The van der Waals surface area contributed by atoms with Crippen molar-refractivity contribution in [3.8, 4) is 22.6 Å². The molecule has 0 aromatic heterocycles. The first-order valence-corrected chi connectivity index (χ1v) is 10.7. The van der Waals surface area contributed by atoms with Gasteiger partial charge in [-0.15, -0.1) is 0 Å². The van der Waals surface area contributed by atoms with Crippen molar-refractivity contribution >= 4 is 16.9 Å². The molecule has 4 nitrogen and oxygen atoms in total. The average molecular weight is 433 g/mol. The van der Waals surface area contributed by atoms with Crippen LogP contribution in [0.3, 0.4) is 0 Å². The Kier molecular flexibility index (Phi) is 5.59. The van der Waals surface area contributed by atoms with E-state index in [1.165, 1.54) is 17.7 Å². The Morgan fingerprint density at radius 3 is 2.53 bits per heavy atom. The third kappa shape index (κ3) is 4.15. The molecule has 0 saturated heterocycles. The van der Waals surface area contributed by atoms with E-state index in [1.807, 2.05) is 13.0 Å². The third-order valence-corrected chi connectivity index (χ3v) is 5.87. The van der Waals surface area contributed by atoms with Crippen LogP contribution >= 0.6 is 0 Å². The lowest BCUT2D eigenvalue weighted by Crippen LogP contribution is -2.32. The maximum Gasteiger partial charge on any atom is 0.130 e. The van der Waals surface area contributed by atoms with Gasteiger partial charge in [-0.3, -0.25) is 0 Å². The Hall–Kier alpha value is -3.47. The van der Waals surface area contributed by atoms with Crippen LogP contribution in [0.1, 0.15) is 37.5 Å². The van der Waals surface area contributed by atoms with Crippen LogP contribution in [0.2, 0.25) is 0 Å². The van der Waals surface area contributed by atoms with E-state index in [2.05, 4.69) is 49.6 Å². The van der Waals surface area contributed by atoms with Gasteiger partial charge in [-0.25, -0.2) is 4.39 Å². The number of rotatable bonds is 5. The molecule has 1 aliphatic rings.